The molecular weight excluding hydrogens is 1820 g/mol. The van der Waals surface area contributed by atoms with E-state index in [2.05, 4.69) is 67.7 Å². The van der Waals surface area contributed by atoms with Gasteiger partial charge in [0.05, 0.1) is 87.4 Å². The number of rotatable bonds is 31. The lowest BCUT2D eigenvalue weighted by atomic mass is 9.33. The Morgan fingerprint density at radius 2 is 0.949 bits per heavy atom. The second-order valence-corrected chi connectivity index (χ2v) is 42.6. The number of aliphatic hydroxyl groups is 22. The van der Waals surface area contributed by atoms with Crippen molar-refractivity contribution in [2.75, 3.05) is 46.2 Å². The highest BCUT2D eigenvalue weighted by Gasteiger charge is 2.73. The second-order valence-electron chi connectivity index (χ2n) is 42.6. The Morgan fingerprint density at radius 3 is 1.55 bits per heavy atom. The zero-order chi connectivity index (χ0) is 101. The highest BCUT2D eigenvalue weighted by atomic mass is 16.8. The molecule has 22 N–H and O–H groups in total. The minimum absolute atomic E-state index is 0.00851. The zero-order valence-corrected chi connectivity index (χ0v) is 79.5. The van der Waals surface area contributed by atoms with Crippen LogP contribution in [-0.2, 0) is 99.6 Å². The highest BCUT2D eigenvalue weighted by Crippen LogP contribution is 2.76. The van der Waals surface area contributed by atoms with Gasteiger partial charge < -0.3 is 198 Å². The molecule has 0 amide bonds. The van der Waals surface area contributed by atoms with Gasteiger partial charge in [-0.05, 0) is 163 Å². The van der Waals surface area contributed by atoms with Crippen molar-refractivity contribution in [3.63, 3.8) is 0 Å². The Balaban J connectivity index is 0.767. The summed E-state index contributed by atoms with van der Waals surface area (Å²) >= 11 is 0. The topological polar surface area (TPSA) is 662 Å². The van der Waals surface area contributed by atoms with Gasteiger partial charge in [0.25, 0.3) is 0 Å². The molecule has 4 saturated carbocycles. The molecule has 0 aromatic rings. The third-order valence-corrected chi connectivity index (χ3v) is 32.4. The van der Waals surface area contributed by atoms with Crippen molar-refractivity contribution in [2.24, 2.45) is 50.2 Å². The smallest absolute Gasteiger partial charge is 0.336 e. The van der Waals surface area contributed by atoms with Crippen molar-refractivity contribution in [1.82, 2.24) is 0 Å². The third-order valence-electron chi connectivity index (χ3n) is 32.4. The molecule has 5 aliphatic carbocycles. The average Bonchev–Trinajstić information content (AvgIpc) is 0.668. The number of carbonyl (C=O) groups excluding carboxylic acids is 3. The number of fused-ring (bicyclic) bond motifs is 7. The normalized spacial score (nSPS) is 48.3. The molecule has 12 fully saturated rings. The van der Waals surface area contributed by atoms with E-state index in [0.717, 1.165) is 5.57 Å². The molecule has 0 spiro atoms. The van der Waals surface area contributed by atoms with Crippen LogP contribution in [0.4, 0.5) is 0 Å². The number of ether oxygens (including phenoxy) is 18. The molecule has 137 heavy (non-hydrogen) atoms. The van der Waals surface area contributed by atoms with Gasteiger partial charge in [-0.25, -0.2) is 9.59 Å². The van der Waals surface area contributed by atoms with Gasteiger partial charge in [0, 0.05) is 5.57 Å². The van der Waals surface area contributed by atoms with Crippen LogP contribution in [-0.4, -0.2) is 421 Å². The van der Waals surface area contributed by atoms with Crippen molar-refractivity contribution in [1.29, 1.82) is 0 Å². The van der Waals surface area contributed by atoms with Gasteiger partial charge in [0.2, 0.25) is 6.29 Å². The van der Waals surface area contributed by atoms with E-state index in [9.17, 15) is 122 Å². The summed E-state index contributed by atoms with van der Waals surface area (Å²) in [6.07, 6.45) is -54.9. The predicted octanol–water partition coefficient (Wildman–Crippen LogP) is -3.75. The molecular formula is C94H148O43. The first-order valence-electron chi connectivity index (χ1n) is 47.7. The summed E-state index contributed by atoms with van der Waals surface area (Å²) in [5.74, 6) is -4.27. The molecule has 0 aromatic heterocycles. The minimum Gasteiger partial charge on any atom is -0.452 e. The predicted molar refractivity (Wildman–Crippen MR) is 465 cm³/mol. The molecule has 0 unspecified atom stereocenters. The van der Waals surface area contributed by atoms with Crippen molar-refractivity contribution >= 4 is 17.9 Å². The standard InChI is InChI=1S/C94H148O43/c1-15-89(10,118)25-17-19-40(3)76(115)132-75-72(131-77(116)43(33-95)20-18-26-90(11,119)16-2)56(101)41(4)126-84(75)125-39-51-61(106)63(108)74(136-81-68(113)64(109)70(42(5)127-81)133-80-69(114)71(49(99)37-122-80)134-78-65(110)57(102)46(96)34-120-78)85(129-51)137-86(117)94-30-29-87(6,7)31-45(94)44-21-22-53-91(12)27-24-55(88(8,9)52(91)23-28-92(53,13)93(44,14)32-54(94)100)130-82-67(112)62(107)60(105)50(128-82)38-124-83-73(59(104)48(98)36-123-83)135-79-66(111)58(103)47(97)35-121-79/h15-16,19-21,41-42,45-75,78-85,95-114,118-119H,1-2,17-18,22-39H2,3-14H3/b40-19+,43-20+/t41-,42-,45-,46-,47-,48-,49-,50-,51-,52-,53-,54-,55-,56-,57+,58+,59+,60-,61-,62+,63+,64-,65-,66-,67-,68-,69-,70-,71+,72+,73-,74-,75-,78+,79+,80+,81+,82+,83+,84-,85+,89+,90+,91+,92-,93+,94-/m0/s1. The van der Waals surface area contributed by atoms with E-state index in [-0.39, 0.29) is 61.5 Å². The van der Waals surface area contributed by atoms with E-state index in [1.54, 1.807) is 0 Å². The van der Waals surface area contributed by atoms with Crippen LogP contribution in [0.2, 0.25) is 0 Å². The summed E-state index contributed by atoms with van der Waals surface area (Å²) in [7, 11) is 0. The maximum Gasteiger partial charge on any atom is 0.336 e. The van der Waals surface area contributed by atoms with Gasteiger partial charge in [-0.2, -0.15) is 0 Å². The molecule has 43 nitrogen and oxygen atoms in total. The van der Waals surface area contributed by atoms with Gasteiger partial charge in [0.1, 0.15) is 146 Å². The minimum atomic E-state index is -2.28. The molecule has 13 rings (SSSR count). The maximum absolute atomic E-state index is 16.6. The molecule has 782 valence electrons. The van der Waals surface area contributed by atoms with Crippen LogP contribution in [0.3, 0.4) is 0 Å². The second kappa shape index (κ2) is 43.3. The average molecular weight is 1970 g/mol. The number of esters is 3. The number of allylic oxidation sites excluding steroid dienone is 4. The van der Waals surface area contributed by atoms with E-state index >= 15 is 4.79 Å². The van der Waals surface area contributed by atoms with Crippen LogP contribution in [0.25, 0.3) is 0 Å². The summed E-state index contributed by atoms with van der Waals surface area (Å²) in [4.78, 5) is 45.0. The Labute approximate surface area is 794 Å². The fourth-order valence-corrected chi connectivity index (χ4v) is 23.4. The van der Waals surface area contributed by atoms with Gasteiger partial charge in [-0.15, -0.1) is 13.2 Å². The molecule has 8 saturated heterocycles. The molecule has 47 atom stereocenters. The van der Waals surface area contributed by atoms with Crippen LogP contribution in [0.1, 0.15) is 167 Å². The highest BCUT2D eigenvalue weighted by molar-refractivity contribution is 5.89. The lowest BCUT2D eigenvalue weighted by Gasteiger charge is -2.71. The number of hydrogen-bond acceptors (Lipinski definition) is 43. The lowest BCUT2D eigenvalue weighted by molar-refractivity contribution is -0.381. The van der Waals surface area contributed by atoms with Crippen molar-refractivity contribution in [2.45, 2.75) is 411 Å². The molecule has 8 heterocycles. The van der Waals surface area contributed by atoms with Gasteiger partial charge in [0.15, 0.2) is 62.3 Å². The van der Waals surface area contributed by atoms with Gasteiger partial charge in [-0.1, -0.05) is 84.4 Å². The lowest BCUT2D eigenvalue weighted by Crippen LogP contribution is -2.69. The van der Waals surface area contributed by atoms with Gasteiger partial charge in [-0.3, -0.25) is 4.79 Å². The van der Waals surface area contributed by atoms with E-state index in [4.69, 9.17) is 85.3 Å². The van der Waals surface area contributed by atoms with Crippen LogP contribution < -0.4 is 0 Å². The molecule has 0 radical (unpaired) electrons. The fraction of sp³-hybridized carbons (Fsp3) is 0.862. The van der Waals surface area contributed by atoms with E-state index in [0.29, 0.717) is 44.9 Å². The fourth-order valence-electron chi connectivity index (χ4n) is 23.4. The summed E-state index contributed by atoms with van der Waals surface area (Å²) < 4.78 is 109. The first-order chi connectivity index (χ1) is 64.1. The van der Waals surface area contributed by atoms with Crippen LogP contribution in [0.5, 0.6) is 0 Å². The van der Waals surface area contributed by atoms with Crippen LogP contribution in [0.15, 0.2) is 60.3 Å². The Kier molecular flexibility index (Phi) is 34.8. The van der Waals surface area contributed by atoms with Crippen molar-refractivity contribution < 1.29 is 212 Å². The first-order valence-corrected chi connectivity index (χ1v) is 47.7. The van der Waals surface area contributed by atoms with Crippen LogP contribution >= 0.6 is 0 Å². The first kappa shape index (κ1) is 110. The quantitative estimate of drug-likeness (QED) is 0.0104. The summed E-state index contributed by atoms with van der Waals surface area (Å²) in [6, 6.07) is 0. The number of aliphatic hydroxyl groups excluding tert-OH is 20. The largest absolute Gasteiger partial charge is 0.452 e. The number of carbonyl (C=O) groups is 3. The van der Waals surface area contributed by atoms with E-state index in [1.165, 1.54) is 58.9 Å². The van der Waals surface area contributed by atoms with Crippen molar-refractivity contribution in [3.05, 3.63) is 60.3 Å². The van der Waals surface area contributed by atoms with Crippen molar-refractivity contribution in [3.8, 4) is 0 Å². The third kappa shape index (κ3) is 22.1. The Morgan fingerprint density at radius 1 is 0.460 bits per heavy atom. The van der Waals surface area contributed by atoms with E-state index in [1.807, 2.05) is 0 Å². The Bertz CT molecular complexity index is 4190. The maximum atomic E-state index is 16.6. The molecule has 0 aromatic carbocycles. The summed E-state index contributed by atoms with van der Waals surface area (Å²) in [5, 5.41) is 248. The zero-order valence-electron chi connectivity index (χ0n) is 79.5. The Hall–Kier alpha value is -4.37. The molecule has 43 heteroatoms. The van der Waals surface area contributed by atoms with Crippen LogP contribution in [0, 0.1) is 50.2 Å². The van der Waals surface area contributed by atoms with E-state index < -0.39 is 347 Å². The monoisotopic (exact) mass is 1960 g/mol. The molecule has 13 aliphatic rings. The number of hydrogen-bond donors (Lipinski definition) is 22. The summed E-state index contributed by atoms with van der Waals surface area (Å²) in [5.41, 5.74) is -7.14. The molecule has 8 aliphatic heterocycles. The molecule has 0 bridgehead atoms. The SMILES string of the molecule is C=C[C@@](C)(O)CC/C=C(\C)C(=O)O[C@@H]1[C@@H](OC[C@@H]2O[C@H](OC(=O)[C@@]34CCC(C)(C)C[C@H]3C3=CC[C@H]5[C@]6(C)CC[C@H](O[C@H]7O[C@@H](CO[C@H]8OC[C@H](O)[C@@H](O)[C@@H]8O[C@H]8OC[C@H](O)[C@@H](O)[C@@H]8O)[C@H](O)[C@@H](O)[C@@H]7O)C(C)(C)[C@@H]6CC[C@]5(C)[C@]3(C)C[C@@H]4O)[C@@H](O[C@H]3O[C@@H](C)[C@H](O[C@H]4OC[C@H](O)[C@@H](O[C@H]5OC[C@H](O)[C@@H](O)[C@@H]5O)[C@@H]4O)[C@@H](O)[C@@H]3O)[C@H](O)[C@H]2O)O[C@@H](C)[C@H](O)[C@H]1OC(=O)/C(=C/CC[C@](C)(O)C=C)CO. The summed E-state index contributed by atoms with van der Waals surface area (Å²) in [6.45, 7) is 24.9. The van der Waals surface area contributed by atoms with Gasteiger partial charge >= 0.3 is 17.9 Å².